The third-order valence-electron chi connectivity index (χ3n) is 8.17. The van der Waals surface area contributed by atoms with Gasteiger partial charge < -0.3 is 9.62 Å². The average Bonchev–Trinajstić information content (AvgIpc) is 3.22. The Bertz CT molecular complexity index is 1600. The standard InChI is InChI=1S/C31H19BN2/c1-3-14-25-21(10-1)23-12-7-13-24-22-11-2-4-15-26(22)34-28-17-6-9-20-18-19-8-5-16-27(29(19)30(20)28)33(25)32(34)31(23)24/h1-17H,18H2. The van der Waals surface area contributed by atoms with Crippen LogP contribution in [0.1, 0.15) is 11.1 Å². The fraction of sp³-hybridized carbons (Fsp3) is 0.0323. The first-order valence-corrected chi connectivity index (χ1v) is 12.0. The second-order valence-electron chi connectivity index (χ2n) is 9.71. The Kier molecular flexibility index (Phi) is 2.95. The molecule has 3 heteroatoms. The van der Waals surface area contributed by atoms with E-state index in [0.29, 0.717) is 0 Å². The topological polar surface area (TPSA) is 6.48 Å². The van der Waals surface area contributed by atoms with Crippen molar-refractivity contribution in [3.8, 4) is 33.4 Å². The summed E-state index contributed by atoms with van der Waals surface area (Å²) in [4.78, 5) is 5.23. The van der Waals surface area contributed by atoms with E-state index in [1.807, 2.05) is 0 Å². The Labute approximate surface area is 198 Å². The highest BCUT2D eigenvalue weighted by molar-refractivity contribution is 6.87. The zero-order valence-electron chi connectivity index (χ0n) is 18.5. The first kappa shape index (κ1) is 17.3. The van der Waals surface area contributed by atoms with E-state index in [4.69, 9.17) is 0 Å². The van der Waals surface area contributed by atoms with Gasteiger partial charge in [-0.05, 0) is 58.4 Å². The van der Waals surface area contributed by atoms with Crippen LogP contribution in [-0.2, 0) is 6.42 Å². The number of nitrogens with zero attached hydrogens (tertiary/aromatic N) is 2. The number of hydrogen-bond donors (Lipinski definition) is 0. The number of para-hydroxylation sites is 2. The fourth-order valence-corrected chi connectivity index (χ4v) is 6.95. The highest BCUT2D eigenvalue weighted by Crippen LogP contribution is 2.57. The molecule has 3 heterocycles. The van der Waals surface area contributed by atoms with Crippen molar-refractivity contribution < 1.29 is 0 Å². The highest BCUT2D eigenvalue weighted by atomic mass is 15.3. The van der Waals surface area contributed by atoms with Crippen molar-refractivity contribution in [3.05, 3.63) is 114 Å². The molecule has 0 saturated carbocycles. The summed E-state index contributed by atoms with van der Waals surface area (Å²) in [5.74, 6) is 0. The predicted molar refractivity (Wildman–Crippen MR) is 142 cm³/mol. The summed E-state index contributed by atoms with van der Waals surface area (Å²) < 4.78 is 0. The molecule has 3 aliphatic heterocycles. The molecule has 0 spiro atoms. The summed E-state index contributed by atoms with van der Waals surface area (Å²) in [5, 5.41) is 0. The molecule has 34 heavy (non-hydrogen) atoms. The largest absolute Gasteiger partial charge is 0.421 e. The molecule has 0 saturated heterocycles. The van der Waals surface area contributed by atoms with E-state index in [1.165, 1.54) is 72.7 Å². The van der Waals surface area contributed by atoms with Crippen LogP contribution < -0.4 is 15.1 Å². The number of hydrogen-bond acceptors (Lipinski definition) is 2. The van der Waals surface area contributed by atoms with E-state index in [1.54, 1.807) is 0 Å². The van der Waals surface area contributed by atoms with Crippen molar-refractivity contribution in [2.45, 2.75) is 6.42 Å². The number of benzene rings is 5. The molecule has 156 valence electrons. The summed E-state index contributed by atoms with van der Waals surface area (Å²) in [6, 6.07) is 38.5. The summed E-state index contributed by atoms with van der Waals surface area (Å²) >= 11 is 0. The van der Waals surface area contributed by atoms with E-state index in [9.17, 15) is 0 Å². The molecule has 0 amide bonds. The molecule has 0 bridgehead atoms. The molecule has 1 aliphatic carbocycles. The number of anilines is 4. The maximum Gasteiger partial charge on any atom is 0.421 e. The summed E-state index contributed by atoms with van der Waals surface area (Å²) in [7, 11) is 0. The molecular weight excluding hydrogens is 411 g/mol. The van der Waals surface area contributed by atoms with Gasteiger partial charge in [0.1, 0.15) is 0 Å². The number of fused-ring (bicyclic) bond motifs is 8. The minimum atomic E-state index is 0.0691. The van der Waals surface area contributed by atoms with Gasteiger partial charge in [0, 0.05) is 45.0 Å². The molecule has 0 unspecified atom stereocenters. The maximum atomic E-state index is 2.62. The van der Waals surface area contributed by atoms with Gasteiger partial charge >= 0.3 is 6.98 Å². The van der Waals surface area contributed by atoms with Crippen LogP contribution >= 0.6 is 0 Å². The number of rotatable bonds is 0. The van der Waals surface area contributed by atoms with Crippen molar-refractivity contribution in [2.75, 3.05) is 9.62 Å². The lowest BCUT2D eigenvalue weighted by Gasteiger charge is -2.46. The molecule has 2 nitrogen and oxygen atoms in total. The van der Waals surface area contributed by atoms with Gasteiger partial charge in [-0.2, -0.15) is 0 Å². The minimum absolute atomic E-state index is 0.0691. The van der Waals surface area contributed by atoms with Crippen molar-refractivity contribution in [2.24, 2.45) is 0 Å². The second kappa shape index (κ2) is 5.81. The third-order valence-corrected chi connectivity index (χ3v) is 8.17. The van der Waals surface area contributed by atoms with Gasteiger partial charge in [0.05, 0.1) is 0 Å². The van der Waals surface area contributed by atoms with Gasteiger partial charge in [-0.25, -0.2) is 0 Å². The summed E-state index contributed by atoms with van der Waals surface area (Å²) in [5.41, 5.74) is 17.7. The van der Waals surface area contributed by atoms with Crippen LogP contribution in [0, 0.1) is 0 Å². The first-order chi connectivity index (χ1) is 16.9. The van der Waals surface area contributed by atoms with Crippen molar-refractivity contribution in [3.63, 3.8) is 0 Å². The average molecular weight is 430 g/mol. The molecule has 0 aromatic heterocycles. The molecule has 9 rings (SSSR count). The third kappa shape index (κ3) is 1.85. The van der Waals surface area contributed by atoms with Gasteiger partial charge in [0.2, 0.25) is 0 Å². The molecule has 0 N–H and O–H groups in total. The molecule has 0 radical (unpaired) electrons. The van der Waals surface area contributed by atoms with E-state index >= 15 is 0 Å². The van der Waals surface area contributed by atoms with Crippen LogP contribution in [0.15, 0.2) is 103 Å². The lowest BCUT2D eigenvalue weighted by molar-refractivity contribution is 1.23. The van der Waals surface area contributed by atoms with Gasteiger partial charge in [0.15, 0.2) is 0 Å². The lowest BCUT2D eigenvalue weighted by Crippen LogP contribution is -2.61. The van der Waals surface area contributed by atoms with E-state index in [2.05, 4.69) is 113 Å². The molecule has 0 atom stereocenters. The van der Waals surface area contributed by atoms with Gasteiger partial charge in [-0.1, -0.05) is 78.9 Å². The molecule has 4 aliphatic rings. The lowest BCUT2D eigenvalue weighted by atomic mass is 9.53. The summed E-state index contributed by atoms with van der Waals surface area (Å²) in [6.07, 6.45) is 1.00. The maximum absolute atomic E-state index is 2.62. The highest BCUT2D eigenvalue weighted by Gasteiger charge is 2.50. The Hall–Kier alpha value is -4.24. The zero-order valence-corrected chi connectivity index (χ0v) is 18.5. The smallest absolute Gasteiger partial charge is 0.361 e. The quantitative estimate of drug-likeness (QED) is 0.242. The van der Waals surface area contributed by atoms with Crippen LogP contribution in [0.3, 0.4) is 0 Å². The van der Waals surface area contributed by atoms with E-state index in [0.717, 1.165) is 6.42 Å². The van der Waals surface area contributed by atoms with Gasteiger partial charge in [-0.15, -0.1) is 0 Å². The minimum Gasteiger partial charge on any atom is -0.361 e. The van der Waals surface area contributed by atoms with Crippen LogP contribution in [0.2, 0.25) is 0 Å². The zero-order chi connectivity index (χ0) is 22.0. The normalized spacial score (nSPS) is 14.8. The Morgan fingerprint density at radius 3 is 1.44 bits per heavy atom. The van der Waals surface area contributed by atoms with E-state index in [-0.39, 0.29) is 6.98 Å². The Morgan fingerprint density at radius 2 is 0.882 bits per heavy atom. The molecular formula is C31H19BN2. The fourth-order valence-electron chi connectivity index (χ4n) is 6.95. The predicted octanol–water partition coefficient (Wildman–Crippen LogP) is 6.90. The van der Waals surface area contributed by atoms with Crippen molar-refractivity contribution in [1.82, 2.24) is 0 Å². The first-order valence-electron chi connectivity index (χ1n) is 12.0. The van der Waals surface area contributed by atoms with Crippen LogP contribution in [-0.4, -0.2) is 6.98 Å². The monoisotopic (exact) mass is 430 g/mol. The van der Waals surface area contributed by atoms with Crippen LogP contribution in [0.5, 0.6) is 0 Å². The van der Waals surface area contributed by atoms with Crippen molar-refractivity contribution >= 4 is 35.2 Å². The molecule has 5 aromatic carbocycles. The Balaban J connectivity index is 1.54. The van der Waals surface area contributed by atoms with Gasteiger partial charge in [0.25, 0.3) is 0 Å². The second-order valence-corrected chi connectivity index (χ2v) is 9.71. The van der Waals surface area contributed by atoms with Crippen LogP contribution in [0.4, 0.5) is 22.7 Å². The van der Waals surface area contributed by atoms with Gasteiger partial charge in [-0.3, -0.25) is 0 Å². The van der Waals surface area contributed by atoms with Crippen molar-refractivity contribution in [1.29, 1.82) is 0 Å². The van der Waals surface area contributed by atoms with Crippen LogP contribution in [0.25, 0.3) is 33.4 Å². The molecule has 0 fully saturated rings. The Morgan fingerprint density at radius 1 is 0.441 bits per heavy atom. The SMILES string of the molecule is c1ccc2c(c1)-c1cccc3c1B1N2c2cccc4c2-c2c(cccc2N1c1ccccc1-3)C4. The summed E-state index contributed by atoms with van der Waals surface area (Å²) in [6.45, 7) is 0.0691. The van der Waals surface area contributed by atoms with E-state index < -0.39 is 0 Å². The molecule has 5 aromatic rings.